The van der Waals surface area contributed by atoms with Gasteiger partial charge in [-0.3, -0.25) is 38.8 Å². The third-order valence-electron chi connectivity index (χ3n) is 13.9. The van der Waals surface area contributed by atoms with E-state index in [1.807, 2.05) is 90.9 Å². The number of ether oxygens (including phenoxy) is 3. The minimum absolute atomic E-state index is 0.0156. The molecule has 6 N–H and O–H groups in total. The molecule has 19 nitrogen and oxygen atoms in total. The molecule has 0 aromatic heterocycles. The van der Waals surface area contributed by atoms with E-state index in [2.05, 4.69) is 26.5 Å². The van der Waals surface area contributed by atoms with E-state index in [0.29, 0.717) is 42.6 Å². The Balaban J connectivity index is 1.75. The fourth-order valence-electron chi connectivity index (χ4n) is 9.68. The van der Waals surface area contributed by atoms with Gasteiger partial charge in [-0.05, 0) is 81.8 Å². The lowest BCUT2D eigenvalue weighted by Gasteiger charge is -2.41. The number of likely N-dealkylation sites (N-methyl/N-ethyl adjacent to an activating group) is 2. The molecule has 0 bridgehead atoms. The van der Waals surface area contributed by atoms with Crippen molar-refractivity contribution in [2.45, 2.75) is 143 Å². The summed E-state index contributed by atoms with van der Waals surface area (Å²) in [6.07, 6.45) is -0.275. The van der Waals surface area contributed by atoms with Crippen LogP contribution in [-0.2, 0) is 43.0 Å². The third kappa shape index (κ3) is 17.9. The minimum atomic E-state index is -0.890. The monoisotopic (exact) mass is 1050 g/mol. The van der Waals surface area contributed by atoms with Crippen molar-refractivity contribution in [3.05, 3.63) is 71.3 Å². The number of hydrogen-bond acceptors (Lipinski definition) is 14. The molecule has 0 saturated carbocycles. The highest BCUT2D eigenvalue weighted by atomic mass is 32.2. The lowest BCUT2D eigenvalue weighted by Crippen LogP contribution is -2.59. The van der Waals surface area contributed by atoms with E-state index >= 15 is 0 Å². The molecule has 0 spiro atoms. The summed E-state index contributed by atoms with van der Waals surface area (Å²) in [5, 5.41) is 18.1. The highest BCUT2D eigenvalue weighted by Crippen LogP contribution is 2.31. The van der Waals surface area contributed by atoms with Gasteiger partial charge in [-0.1, -0.05) is 109 Å². The SMILES string of the molecule is CCC(C)C(C(CC(=O)N1CCCC1C(OC)C(C)C(=O)NC(C)C(OC(=O)c1ccc(/C(C)=N/NC(=O)CCNC(=O)CSN)cc1)c1ccccc1)OC)N(C)C(=O)[C@@H](NC(=O)C(C(C)C)N(C)C)C(C)C. The van der Waals surface area contributed by atoms with E-state index in [0.717, 1.165) is 11.9 Å². The molecule has 1 aliphatic heterocycles. The first kappa shape index (κ1) is 62.9. The number of hydrogen-bond donors (Lipinski definition) is 5. The molecule has 1 fully saturated rings. The van der Waals surface area contributed by atoms with Crippen molar-refractivity contribution in [1.29, 1.82) is 0 Å². The van der Waals surface area contributed by atoms with Gasteiger partial charge in [-0.15, -0.1) is 0 Å². The van der Waals surface area contributed by atoms with Crippen LogP contribution >= 0.6 is 11.9 Å². The second-order valence-corrected chi connectivity index (χ2v) is 20.8. The smallest absolute Gasteiger partial charge is 0.338 e. The molecule has 2 aromatic rings. The van der Waals surface area contributed by atoms with E-state index in [4.69, 9.17) is 19.3 Å². The van der Waals surface area contributed by atoms with Crippen molar-refractivity contribution in [2.75, 3.05) is 54.2 Å². The highest BCUT2D eigenvalue weighted by Gasteiger charge is 2.43. The Morgan fingerprint density at radius 2 is 1.47 bits per heavy atom. The largest absolute Gasteiger partial charge is 0.452 e. The number of benzene rings is 2. The van der Waals surface area contributed by atoms with Gasteiger partial charge < -0.3 is 40.0 Å². The van der Waals surface area contributed by atoms with E-state index in [1.54, 1.807) is 69.0 Å². The first-order chi connectivity index (χ1) is 35.0. The van der Waals surface area contributed by atoms with Gasteiger partial charge in [0.15, 0.2) is 0 Å². The van der Waals surface area contributed by atoms with Crippen LogP contribution in [0.5, 0.6) is 0 Å². The van der Waals surface area contributed by atoms with E-state index in [9.17, 15) is 33.6 Å². The van der Waals surface area contributed by atoms with Gasteiger partial charge in [-0.2, -0.15) is 5.10 Å². The maximum Gasteiger partial charge on any atom is 0.338 e. The molecule has 1 heterocycles. The first-order valence-electron chi connectivity index (χ1n) is 25.7. The number of amides is 6. The summed E-state index contributed by atoms with van der Waals surface area (Å²) in [7, 11) is 8.48. The molecule has 1 aliphatic rings. The molecule has 10 atom stereocenters. The van der Waals surface area contributed by atoms with Crippen molar-refractivity contribution in [2.24, 2.45) is 33.9 Å². The van der Waals surface area contributed by atoms with Crippen LogP contribution in [0.3, 0.4) is 0 Å². The Kier molecular flexibility index (Phi) is 26.2. The van der Waals surface area contributed by atoms with Gasteiger partial charge in [0.05, 0.1) is 65.7 Å². The van der Waals surface area contributed by atoms with Crippen molar-refractivity contribution in [3.63, 3.8) is 0 Å². The van der Waals surface area contributed by atoms with Gasteiger partial charge in [0.1, 0.15) is 12.1 Å². The summed E-state index contributed by atoms with van der Waals surface area (Å²) < 4.78 is 18.3. The minimum Gasteiger partial charge on any atom is -0.452 e. The Labute approximate surface area is 443 Å². The molecule has 2 aromatic carbocycles. The van der Waals surface area contributed by atoms with Crippen LogP contribution in [-0.4, -0.2) is 158 Å². The van der Waals surface area contributed by atoms with Crippen molar-refractivity contribution >= 4 is 59.1 Å². The Hall–Kier alpha value is -5.41. The average Bonchev–Trinajstić information content (AvgIpc) is 3.85. The van der Waals surface area contributed by atoms with Crippen LogP contribution in [0.2, 0.25) is 0 Å². The van der Waals surface area contributed by atoms with E-state index in [-0.39, 0.29) is 83.9 Å². The quantitative estimate of drug-likeness (QED) is 0.0322. The van der Waals surface area contributed by atoms with Gasteiger partial charge >= 0.3 is 5.97 Å². The number of hydrazone groups is 1. The molecule has 1 saturated heterocycles. The number of likely N-dealkylation sites (tertiary alicyclic amines) is 1. The fourth-order valence-corrected chi connectivity index (χ4v) is 9.94. The average molecular weight is 1050 g/mol. The number of rotatable bonds is 29. The van der Waals surface area contributed by atoms with E-state index in [1.165, 1.54) is 7.11 Å². The van der Waals surface area contributed by atoms with Crippen LogP contribution in [0.25, 0.3) is 0 Å². The molecule has 3 rings (SSSR count). The summed E-state index contributed by atoms with van der Waals surface area (Å²) in [6, 6.07) is 12.8. The summed E-state index contributed by atoms with van der Waals surface area (Å²) in [6.45, 7) is 17.6. The number of esters is 1. The molecule has 6 amide bonds. The molecule has 74 heavy (non-hydrogen) atoms. The topological polar surface area (TPSA) is 243 Å². The Morgan fingerprint density at radius 1 is 0.838 bits per heavy atom. The first-order valence-corrected chi connectivity index (χ1v) is 26.7. The zero-order valence-corrected chi connectivity index (χ0v) is 47.0. The predicted molar refractivity (Wildman–Crippen MR) is 288 cm³/mol. The molecule has 20 heteroatoms. The molecule has 0 radical (unpaired) electrons. The normalized spacial score (nSPS) is 17.6. The lowest BCUT2D eigenvalue weighted by molar-refractivity contribution is -0.148. The molecular formula is C54H85N9O10S. The van der Waals surface area contributed by atoms with Crippen LogP contribution in [0.4, 0.5) is 0 Å². The van der Waals surface area contributed by atoms with Crippen LogP contribution in [0.1, 0.15) is 122 Å². The number of nitrogens with one attached hydrogen (secondary N) is 4. The van der Waals surface area contributed by atoms with Gasteiger partial charge in [0, 0.05) is 40.8 Å². The molecule has 9 unspecified atom stereocenters. The summed E-state index contributed by atoms with van der Waals surface area (Å²) in [4.78, 5) is 99.5. The van der Waals surface area contributed by atoms with Crippen LogP contribution in [0, 0.1) is 23.7 Å². The summed E-state index contributed by atoms with van der Waals surface area (Å²) >= 11 is 0.893. The Bertz CT molecular complexity index is 2170. The number of nitrogens with zero attached hydrogens (tertiary/aromatic N) is 4. The highest BCUT2D eigenvalue weighted by molar-refractivity contribution is 7.97. The summed E-state index contributed by atoms with van der Waals surface area (Å²) in [5.41, 5.74) is 4.51. The maximum atomic E-state index is 14.5. The number of nitrogens with two attached hydrogens (primary N) is 1. The number of carbonyl (C=O) groups excluding carboxylic acids is 7. The predicted octanol–water partition coefficient (Wildman–Crippen LogP) is 4.69. The number of methoxy groups -OCH3 is 2. The lowest BCUT2D eigenvalue weighted by atomic mass is 9.89. The molecular weight excluding hydrogens is 967 g/mol. The van der Waals surface area contributed by atoms with Crippen molar-refractivity contribution < 1.29 is 47.8 Å². The molecule has 0 aliphatic carbocycles. The van der Waals surface area contributed by atoms with E-state index < -0.39 is 60.4 Å². The van der Waals surface area contributed by atoms with Gasteiger partial charge in [0.2, 0.25) is 35.4 Å². The third-order valence-corrected chi connectivity index (χ3v) is 14.3. The summed E-state index contributed by atoms with van der Waals surface area (Å²) in [5.74, 6) is -3.23. The fraction of sp³-hybridized carbons (Fsp3) is 0.630. The zero-order valence-electron chi connectivity index (χ0n) is 46.1. The van der Waals surface area contributed by atoms with Crippen molar-refractivity contribution in [1.82, 2.24) is 36.1 Å². The zero-order chi connectivity index (χ0) is 55.4. The van der Waals surface area contributed by atoms with Crippen molar-refractivity contribution in [3.8, 4) is 0 Å². The number of carbonyl (C=O) groups is 7. The Morgan fingerprint density at radius 3 is 2.03 bits per heavy atom. The standard InChI is InChI=1S/C54H85N9O10S/c1-15-34(6)48(62(12)53(69)46(32(2)3)58-52(68)47(33(4)5)61(10)11)42(71-13)30-45(66)63-29-19-22-41(63)49(72-14)35(7)51(67)57-37(9)50(39-20-17-16-18-21-39)73-54(70)40-25-23-38(24-26-40)36(8)59-60-43(64)27-28-56-44(65)31-74-55/h16-18,20-21,23-26,32-35,37,41-42,46-50H,15,19,22,27-31,55H2,1-14H3,(H,56,65)(H,57,67)(H,58,68)(H,60,64)/b59-36+/t34?,35?,37?,41?,42?,46-,47?,48?,49?,50?/m0/s1. The van der Waals surface area contributed by atoms with Gasteiger partial charge in [0.25, 0.3) is 0 Å². The second kappa shape index (κ2) is 30.8. The van der Waals surface area contributed by atoms with Crippen LogP contribution in [0.15, 0.2) is 59.7 Å². The van der Waals surface area contributed by atoms with Crippen LogP contribution < -0.4 is 26.5 Å². The van der Waals surface area contributed by atoms with Gasteiger partial charge in [-0.25, -0.2) is 10.2 Å². The maximum absolute atomic E-state index is 14.5. The second-order valence-electron chi connectivity index (χ2n) is 20.2. The molecule has 412 valence electrons.